The van der Waals surface area contributed by atoms with Crippen molar-refractivity contribution < 1.29 is 24.6 Å². The van der Waals surface area contributed by atoms with Gasteiger partial charge in [0.2, 0.25) is 5.91 Å². The third-order valence-corrected chi connectivity index (χ3v) is 4.58. The average Bonchev–Trinajstić information content (AvgIpc) is 2.50. The number of carboxylic acids is 1. The molecule has 0 aliphatic rings. The molecule has 0 bridgehead atoms. The highest BCUT2D eigenvalue weighted by atomic mass is 35.5. The van der Waals surface area contributed by atoms with Crippen molar-refractivity contribution >= 4 is 29.3 Å². The molecule has 1 aromatic carbocycles. The summed E-state index contributed by atoms with van der Waals surface area (Å²) in [5.74, 6) is -5.47. The molecular weight excluding hydrogens is 358 g/mol. The van der Waals surface area contributed by atoms with Gasteiger partial charge in [-0.3, -0.25) is 14.4 Å². The number of hydrogen-bond acceptors (Lipinski definition) is 4. The van der Waals surface area contributed by atoms with Crippen molar-refractivity contribution in [2.45, 2.75) is 46.1 Å². The van der Waals surface area contributed by atoms with Gasteiger partial charge in [-0.1, -0.05) is 44.5 Å². The number of aliphatic carboxylic acids is 1. The Morgan fingerprint density at radius 2 is 1.69 bits per heavy atom. The van der Waals surface area contributed by atoms with E-state index in [1.165, 1.54) is 0 Å². The Hall–Kier alpha value is -1.92. The van der Waals surface area contributed by atoms with E-state index in [-0.39, 0.29) is 6.42 Å². The minimum Gasteiger partial charge on any atom is -0.481 e. The van der Waals surface area contributed by atoms with E-state index in [1.54, 1.807) is 32.9 Å². The van der Waals surface area contributed by atoms with Gasteiger partial charge in [-0.2, -0.15) is 0 Å². The molecule has 1 rings (SSSR count). The fourth-order valence-electron chi connectivity index (χ4n) is 2.96. The predicted molar refractivity (Wildman–Crippen MR) is 98.7 cm³/mol. The molecule has 0 spiro atoms. The van der Waals surface area contributed by atoms with Gasteiger partial charge >= 0.3 is 5.97 Å². The first kappa shape index (κ1) is 22.1. The van der Waals surface area contributed by atoms with Crippen LogP contribution in [0, 0.1) is 17.3 Å². The summed E-state index contributed by atoms with van der Waals surface area (Å²) in [7, 11) is 0. The fraction of sp³-hybridized carbons (Fsp3) is 0.526. The van der Waals surface area contributed by atoms with Crippen LogP contribution in [0.15, 0.2) is 24.3 Å². The summed E-state index contributed by atoms with van der Waals surface area (Å²) in [6.45, 7) is 4.89. The maximum absolute atomic E-state index is 12.8. The second-order valence-electron chi connectivity index (χ2n) is 7.51. The quantitative estimate of drug-likeness (QED) is 0.566. The van der Waals surface area contributed by atoms with Crippen LogP contribution in [0.2, 0.25) is 5.02 Å². The average molecular weight is 384 g/mol. The predicted octanol–water partition coefficient (Wildman–Crippen LogP) is 2.44. The Labute approximate surface area is 158 Å². The molecule has 6 nitrogen and oxygen atoms in total. The Morgan fingerprint density at radius 3 is 2.12 bits per heavy atom. The number of carbonyl (C=O) groups is 3. The number of carbonyl (C=O) groups excluding carboxylic acids is 2. The zero-order valence-corrected chi connectivity index (χ0v) is 16.0. The highest BCUT2D eigenvalue weighted by Crippen LogP contribution is 2.32. The van der Waals surface area contributed by atoms with Crippen LogP contribution < -0.4 is 5.73 Å². The minimum atomic E-state index is -1.71. The van der Waals surface area contributed by atoms with Gasteiger partial charge in [0.05, 0.1) is 5.92 Å². The molecule has 0 saturated heterocycles. The molecule has 4 N–H and O–H groups in total. The van der Waals surface area contributed by atoms with Crippen molar-refractivity contribution in [3.63, 3.8) is 0 Å². The molecule has 144 valence electrons. The number of Topliss-reactive ketones (excluding diaryl/α,β-unsaturated/α-hetero) is 1. The third kappa shape index (κ3) is 6.11. The number of amides is 1. The summed E-state index contributed by atoms with van der Waals surface area (Å²) in [6.07, 6.45) is -0.471. The van der Waals surface area contributed by atoms with Crippen molar-refractivity contribution in [3.05, 3.63) is 34.9 Å². The highest BCUT2D eigenvalue weighted by molar-refractivity contribution is 6.30. The van der Waals surface area contributed by atoms with Gasteiger partial charge < -0.3 is 15.9 Å². The zero-order chi connectivity index (χ0) is 20.1. The Balaban J connectivity index is 2.93. The summed E-state index contributed by atoms with van der Waals surface area (Å²) in [5, 5.41) is 20.1. The maximum Gasteiger partial charge on any atom is 0.314 e. The van der Waals surface area contributed by atoms with Crippen molar-refractivity contribution in [3.8, 4) is 0 Å². The van der Waals surface area contributed by atoms with E-state index in [0.29, 0.717) is 17.9 Å². The molecule has 2 unspecified atom stereocenters. The normalized spacial score (nSPS) is 15.1. The van der Waals surface area contributed by atoms with Gasteiger partial charge in [-0.05, 0) is 42.4 Å². The van der Waals surface area contributed by atoms with E-state index in [9.17, 15) is 24.6 Å². The number of ketones is 1. The number of primary amides is 1. The molecule has 0 aliphatic carbocycles. The number of aryl methyl sites for hydroxylation is 1. The van der Waals surface area contributed by atoms with Crippen LogP contribution in [0.3, 0.4) is 0 Å². The van der Waals surface area contributed by atoms with Gasteiger partial charge in [0.1, 0.15) is 12.0 Å². The van der Waals surface area contributed by atoms with Crippen molar-refractivity contribution in [2.24, 2.45) is 23.0 Å². The van der Waals surface area contributed by atoms with Gasteiger partial charge in [0.15, 0.2) is 5.78 Å². The molecule has 3 atom stereocenters. The lowest BCUT2D eigenvalue weighted by Crippen LogP contribution is -2.46. The molecule has 0 radical (unpaired) electrons. The lowest BCUT2D eigenvalue weighted by molar-refractivity contribution is -0.155. The fourth-order valence-corrected chi connectivity index (χ4v) is 3.09. The van der Waals surface area contributed by atoms with Gasteiger partial charge in [0.25, 0.3) is 0 Å². The molecular formula is C19H26ClNO5. The molecule has 0 saturated carbocycles. The van der Waals surface area contributed by atoms with Crippen LogP contribution in [0.5, 0.6) is 0 Å². The number of halogens is 1. The van der Waals surface area contributed by atoms with Gasteiger partial charge in [-0.25, -0.2) is 0 Å². The van der Waals surface area contributed by atoms with Crippen molar-refractivity contribution in [2.75, 3.05) is 0 Å². The smallest absolute Gasteiger partial charge is 0.314 e. The maximum atomic E-state index is 12.8. The van der Waals surface area contributed by atoms with E-state index in [0.717, 1.165) is 5.56 Å². The van der Waals surface area contributed by atoms with Crippen molar-refractivity contribution in [1.29, 1.82) is 0 Å². The summed E-state index contributed by atoms with van der Waals surface area (Å²) in [6, 6.07) is 7.19. The molecule has 0 heterocycles. The second kappa shape index (κ2) is 9.14. The molecule has 0 aromatic heterocycles. The lowest BCUT2D eigenvalue weighted by atomic mass is 9.72. The van der Waals surface area contributed by atoms with Gasteiger partial charge in [-0.15, -0.1) is 0 Å². The van der Waals surface area contributed by atoms with E-state index in [4.69, 9.17) is 17.3 Å². The topological polar surface area (TPSA) is 118 Å². The number of carboxylic acid groups (broad SMARTS) is 1. The van der Waals surface area contributed by atoms with Gasteiger partial charge in [0, 0.05) is 5.02 Å². The molecule has 0 aliphatic heterocycles. The SMILES string of the molecule is CC(C)(C)C(C(=O)O)C(=O)C(CCCc1ccc(Cl)cc1)[C@@H](O)C(N)=O. The summed E-state index contributed by atoms with van der Waals surface area (Å²) in [4.78, 5) is 35.8. The van der Waals surface area contributed by atoms with Crippen LogP contribution >= 0.6 is 11.6 Å². The molecule has 1 amide bonds. The Kier molecular flexibility index (Phi) is 7.78. The third-order valence-electron chi connectivity index (χ3n) is 4.33. The van der Waals surface area contributed by atoms with Crippen LogP contribution in [0.25, 0.3) is 0 Å². The summed E-state index contributed by atoms with van der Waals surface area (Å²) < 4.78 is 0. The van der Waals surface area contributed by atoms with E-state index in [2.05, 4.69) is 0 Å². The largest absolute Gasteiger partial charge is 0.481 e. The van der Waals surface area contributed by atoms with E-state index < -0.39 is 41.0 Å². The number of aliphatic hydroxyl groups excluding tert-OH is 1. The van der Waals surface area contributed by atoms with Crippen LogP contribution in [-0.4, -0.2) is 34.0 Å². The standard InChI is InChI=1S/C19H26ClNO5/c1-19(2,3)14(18(25)26)15(22)13(16(23)17(21)24)6-4-5-11-7-9-12(20)10-8-11/h7-10,13-14,16,23H,4-6H2,1-3H3,(H2,21,24)(H,25,26)/t13?,14?,16-/m1/s1. The lowest BCUT2D eigenvalue weighted by Gasteiger charge is -2.30. The first-order valence-corrected chi connectivity index (χ1v) is 8.81. The zero-order valence-electron chi connectivity index (χ0n) is 15.2. The summed E-state index contributed by atoms with van der Waals surface area (Å²) >= 11 is 5.84. The number of aliphatic hydroxyl groups is 1. The first-order valence-electron chi connectivity index (χ1n) is 8.43. The number of rotatable bonds is 9. The van der Waals surface area contributed by atoms with Crippen LogP contribution in [-0.2, 0) is 20.8 Å². The minimum absolute atomic E-state index is 0.158. The summed E-state index contributed by atoms with van der Waals surface area (Å²) in [5.41, 5.74) is 5.29. The van der Waals surface area contributed by atoms with Crippen LogP contribution in [0.4, 0.5) is 0 Å². The molecule has 7 heteroatoms. The number of nitrogens with two attached hydrogens (primary N) is 1. The number of benzene rings is 1. The van der Waals surface area contributed by atoms with Crippen molar-refractivity contribution in [1.82, 2.24) is 0 Å². The first-order chi connectivity index (χ1) is 11.9. The second-order valence-corrected chi connectivity index (χ2v) is 7.95. The Bertz CT molecular complexity index is 651. The number of hydrogen-bond donors (Lipinski definition) is 3. The highest BCUT2D eigenvalue weighted by Gasteiger charge is 2.43. The monoisotopic (exact) mass is 383 g/mol. The Morgan fingerprint density at radius 1 is 1.15 bits per heavy atom. The van der Waals surface area contributed by atoms with Crippen LogP contribution in [0.1, 0.15) is 39.2 Å². The molecule has 26 heavy (non-hydrogen) atoms. The van der Waals surface area contributed by atoms with E-state index in [1.807, 2.05) is 12.1 Å². The van der Waals surface area contributed by atoms with E-state index >= 15 is 0 Å². The molecule has 0 fully saturated rings. The molecule has 1 aromatic rings.